The summed E-state index contributed by atoms with van der Waals surface area (Å²) in [4.78, 5) is 0. The van der Waals surface area contributed by atoms with Crippen LogP contribution in [0.1, 0.15) is 43.2 Å². The maximum Gasteiger partial charge on any atom is 0.0485 e. The van der Waals surface area contributed by atoms with E-state index < -0.39 is 0 Å². The lowest BCUT2D eigenvalue weighted by Crippen LogP contribution is -2.32. The average Bonchev–Trinajstić information content (AvgIpc) is 3.10. The van der Waals surface area contributed by atoms with E-state index in [2.05, 4.69) is 144 Å². The van der Waals surface area contributed by atoms with Crippen LogP contribution >= 0.6 is 0 Å². The molecule has 3 heteroatoms. The van der Waals surface area contributed by atoms with Crippen molar-refractivity contribution in [3.63, 3.8) is 0 Å². The first kappa shape index (κ1) is 28.9. The van der Waals surface area contributed by atoms with E-state index in [1.165, 1.54) is 47.9 Å². The van der Waals surface area contributed by atoms with Crippen molar-refractivity contribution < 1.29 is 0 Å². The number of nitrogens with one attached hydrogen (secondary N) is 2. The first-order chi connectivity index (χ1) is 22.2. The Balaban J connectivity index is 1.21. The summed E-state index contributed by atoms with van der Waals surface area (Å²) in [6.45, 7) is 0. The Hall–Kier alpha value is -4.86. The number of rotatable bonds is 9. The number of para-hydroxylation sites is 1. The Labute approximate surface area is 267 Å². The minimum absolute atomic E-state index is 0.170. The summed E-state index contributed by atoms with van der Waals surface area (Å²) in [5.41, 5.74) is 19.8. The Bertz CT molecular complexity index is 1810. The molecule has 5 aromatic rings. The molecule has 0 aliphatic heterocycles. The molecule has 4 N–H and O–H groups in total. The number of hydrogen-bond donors (Lipinski definition) is 3. The highest BCUT2D eigenvalue weighted by molar-refractivity contribution is 5.93. The molecule has 0 heterocycles. The first-order valence-electron chi connectivity index (χ1n) is 16.3. The van der Waals surface area contributed by atoms with Crippen LogP contribution in [-0.2, 0) is 6.42 Å². The van der Waals surface area contributed by atoms with Crippen molar-refractivity contribution in [2.75, 3.05) is 10.6 Å². The van der Waals surface area contributed by atoms with Gasteiger partial charge in [0.2, 0.25) is 0 Å². The van der Waals surface area contributed by atoms with E-state index >= 15 is 0 Å². The maximum atomic E-state index is 6.75. The van der Waals surface area contributed by atoms with Crippen LogP contribution in [0, 0.1) is 5.92 Å². The third kappa shape index (κ3) is 6.79. The lowest BCUT2D eigenvalue weighted by Gasteiger charge is -2.27. The molecule has 2 aliphatic carbocycles. The van der Waals surface area contributed by atoms with Gasteiger partial charge in [-0.25, -0.2) is 0 Å². The van der Waals surface area contributed by atoms with Crippen LogP contribution in [0.5, 0.6) is 0 Å². The number of allylic oxidation sites excluding steroid dienone is 1. The number of hydrogen-bond acceptors (Lipinski definition) is 3. The highest BCUT2D eigenvalue weighted by atomic mass is 14.9. The smallest absolute Gasteiger partial charge is 0.0485 e. The number of nitrogens with two attached hydrogens (primary N) is 1. The molecule has 1 unspecified atom stereocenters. The van der Waals surface area contributed by atoms with Crippen molar-refractivity contribution in [2.24, 2.45) is 11.7 Å². The molecular weight excluding hydrogens is 546 g/mol. The van der Waals surface area contributed by atoms with E-state index in [9.17, 15) is 0 Å². The summed E-state index contributed by atoms with van der Waals surface area (Å²) in [5, 5.41) is 7.51. The molecule has 0 fully saturated rings. The molecule has 0 saturated heterocycles. The van der Waals surface area contributed by atoms with Crippen LogP contribution in [0.2, 0.25) is 0 Å². The number of anilines is 4. The summed E-state index contributed by atoms with van der Waals surface area (Å²) in [5.74, 6) is 0.376. The topological polar surface area (TPSA) is 50.1 Å². The van der Waals surface area contributed by atoms with Crippen molar-refractivity contribution in [1.82, 2.24) is 0 Å². The van der Waals surface area contributed by atoms with Crippen LogP contribution in [0.3, 0.4) is 0 Å². The van der Waals surface area contributed by atoms with Crippen molar-refractivity contribution in [2.45, 2.75) is 44.6 Å². The summed E-state index contributed by atoms with van der Waals surface area (Å²) in [6, 6.07) is 43.1. The zero-order valence-corrected chi connectivity index (χ0v) is 25.8. The molecule has 2 aliphatic rings. The Morgan fingerprint density at radius 3 is 1.96 bits per heavy atom. The van der Waals surface area contributed by atoms with Crippen molar-refractivity contribution in [3.05, 3.63) is 150 Å². The summed E-state index contributed by atoms with van der Waals surface area (Å²) < 4.78 is 0. The molecule has 3 nitrogen and oxygen atoms in total. The van der Waals surface area contributed by atoms with Gasteiger partial charge in [-0.2, -0.15) is 0 Å². The minimum Gasteiger partial charge on any atom is -0.355 e. The predicted octanol–water partition coefficient (Wildman–Crippen LogP) is 10.9. The summed E-state index contributed by atoms with van der Waals surface area (Å²) in [6.07, 6.45) is 14.1. The average molecular weight is 588 g/mol. The molecule has 0 aromatic heterocycles. The number of fused-ring (bicyclic) bond motifs is 1. The fourth-order valence-corrected chi connectivity index (χ4v) is 6.75. The second-order valence-electron chi connectivity index (χ2n) is 12.4. The maximum absolute atomic E-state index is 6.75. The van der Waals surface area contributed by atoms with Gasteiger partial charge in [-0.05, 0) is 103 Å². The van der Waals surface area contributed by atoms with Crippen molar-refractivity contribution in [3.8, 4) is 22.3 Å². The van der Waals surface area contributed by atoms with Crippen molar-refractivity contribution >= 4 is 28.8 Å². The van der Waals surface area contributed by atoms with Crippen LogP contribution in [-0.4, -0.2) is 6.04 Å². The van der Waals surface area contributed by atoms with Gasteiger partial charge in [0, 0.05) is 39.9 Å². The van der Waals surface area contributed by atoms with Crippen molar-refractivity contribution in [1.29, 1.82) is 0 Å². The SMILES string of the molecule is N[C@H](CC1=CCCCC1)C1C=Cc2cc(Nc3cc(Nc4ccccc4)c(-c4ccccc4)cc3-c3ccccc3)ccc2C1. The Morgan fingerprint density at radius 2 is 1.31 bits per heavy atom. The molecule has 45 heavy (non-hydrogen) atoms. The third-order valence-electron chi connectivity index (χ3n) is 9.22. The highest BCUT2D eigenvalue weighted by Gasteiger charge is 2.22. The molecular formula is C42H41N3. The van der Waals surface area contributed by atoms with Gasteiger partial charge in [0.05, 0.1) is 0 Å². The van der Waals surface area contributed by atoms with Crippen LogP contribution < -0.4 is 16.4 Å². The quantitative estimate of drug-likeness (QED) is 0.150. The van der Waals surface area contributed by atoms with Crippen LogP contribution in [0.25, 0.3) is 28.3 Å². The first-order valence-corrected chi connectivity index (χ1v) is 16.3. The highest BCUT2D eigenvalue weighted by Crippen LogP contribution is 2.41. The van der Waals surface area contributed by atoms with E-state index in [1.807, 2.05) is 6.07 Å². The lowest BCUT2D eigenvalue weighted by molar-refractivity contribution is 0.480. The second kappa shape index (κ2) is 13.4. The van der Waals surface area contributed by atoms with Crippen LogP contribution in [0.15, 0.2) is 139 Å². The molecule has 0 amide bonds. The van der Waals surface area contributed by atoms with E-state index in [0.29, 0.717) is 5.92 Å². The van der Waals surface area contributed by atoms with Gasteiger partial charge in [-0.1, -0.05) is 109 Å². The normalized spacial score (nSPS) is 16.4. The van der Waals surface area contributed by atoms with Gasteiger partial charge in [-0.15, -0.1) is 0 Å². The molecule has 7 rings (SSSR count). The lowest BCUT2D eigenvalue weighted by atomic mass is 9.82. The summed E-state index contributed by atoms with van der Waals surface area (Å²) in [7, 11) is 0. The molecule has 0 radical (unpaired) electrons. The van der Waals surface area contributed by atoms with Gasteiger partial charge in [-0.3, -0.25) is 0 Å². The second-order valence-corrected chi connectivity index (χ2v) is 12.4. The Kier molecular flexibility index (Phi) is 8.61. The van der Waals surface area contributed by atoms with Gasteiger partial charge >= 0.3 is 0 Å². The standard InChI is InChI=1S/C42H41N3/c43-40(25-30-13-5-1-6-14-30)35-22-21-34-27-37(24-23-33(34)26-35)45-42-29-41(44-36-19-11-4-12-20-36)38(31-15-7-2-8-16-31)28-39(42)32-17-9-3-10-18-32/h2-4,7-13,15-24,27-29,35,40,44-45H,1,5-6,14,25-26,43H2/t35?,40-/m1/s1. The Morgan fingerprint density at radius 1 is 0.667 bits per heavy atom. The van der Waals surface area contributed by atoms with Gasteiger partial charge in [0.25, 0.3) is 0 Å². The zero-order chi connectivity index (χ0) is 30.4. The van der Waals surface area contributed by atoms with E-state index in [-0.39, 0.29) is 6.04 Å². The zero-order valence-electron chi connectivity index (χ0n) is 25.8. The van der Waals surface area contributed by atoms with Crippen LogP contribution in [0.4, 0.5) is 22.7 Å². The fraction of sp³-hybridized carbons (Fsp3) is 0.190. The summed E-state index contributed by atoms with van der Waals surface area (Å²) >= 11 is 0. The molecule has 0 bridgehead atoms. The largest absolute Gasteiger partial charge is 0.355 e. The van der Waals surface area contributed by atoms with Gasteiger partial charge in [0.15, 0.2) is 0 Å². The molecule has 0 spiro atoms. The third-order valence-corrected chi connectivity index (χ3v) is 9.22. The van der Waals surface area contributed by atoms with Gasteiger partial charge < -0.3 is 16.4 Å². The monoisotopic (exact) mass is 587 g/mol. The predicted molar refractivity (Wildman–Crippen MR) is 192 cm³/mol. The van der Waals surface area contributed by atoms with E-state index in [4.69, 9.17) is 5.73 Å². The van der Waals surface area contributed by atoms with Gasteiger partial charge in [0.1, 0.15) is 0 Å². The fourth-order valence-electron chi connectivity index (χ4n) is 6.75. The molecule has 0 saturated carbocycles. The molecule has 2 atom stereocenters. The molecule has 224 valence electrons. The van der Waals surface area contributed by atoms with E-state index in [0.717, 1.165) is 46.7 Å². The van der Waals surface area contributed by atoms with E-state index in [1.54, 1.807) is 5.57 Å². The minimum atomic E-state index is 0.170. The number of benzene rings is 5. The molecule has 5 aromatic carbocycles.